The summed E-state index contributed by atoms with van der Waals surface area (Å²) in [7, 11) is 0. The molecule has 0 aliphatic carbocycles. The van der Waals surface area contributed by atoms with Crippen LogP contribution in [0, 0.1) is 5.41 Å². The first-order valence-electron chi connectivity index (χ1n) is 7.30. The molecule has 2 heterocycles. The van der Waals surface area contributed by atoms with Crippen molar-refractivity contribution in [3.8, 4) is 0 Å². The first-order valence-corrected chi connectivity index (χ1v) is 7.30. The Balaban J connectivity index is 1.50. The molecule has 0 aromatic heterocycles. The third kappa shape index (κ3) is 4.84. The van der Waals surface area contributed by atoms with Gasteiger partial charge >= 0.3 is 0 Å². The van der Waals surface area contributed by atoms with Gasteiger partial charge in [0.1, 0.15) is 0 Å². The van der Waals surface area contributed by atoms with Crippen molar-refractivity contribution in [3.05, 3.63) is 0 Å². The fourth-order valence-corrected chi connectivity index (χ4v) is 2.64. The normalized spacial score (nSPS) is 33.5. The molecule has 0 unspecified atom stereocenters. The lowest BCUT2D eigenvalue weighted by Gasteiger charge is -2.33. The molecule has 0 aromatic rings. The van der Waals surface area contributed by atoms with E-state index in [9.17, 15) is 0 Å². The van der Waals surface area contributed by atoms with Crippen molar-refractivity contribution in [3.63, 3.8) is 0 Å². The highest BCUT2D eigenvalue weighted by Crippen LogP contribution is 2.25. The summed E-state index contributed by atoms with van der Waals surface area (Å²) in [6.45, 7) is 7.51. The number of hydrogen-bond donors (Lipinski definition) is 1. The molecule has 106 valence electrons. The predicted octanol–water partition coefficient (Wildman–Crippen LogP) is 1.94. The van der Waals surface area contributed by atoms with Gasteiger partial charge in [-0.1, -0.05) is 6.92 Å². The van der Waals surface area contributed by atoms with Gasteiger partial charge in [-0.2, -0.15) is 0 Å². The van der Waals surface area contributed by atoms with Gasteiger partial charge in [-0.25, -0.2) is 0 Å². The minimum absolute atomic E-state index is 0.00860. The fraction of sp³-hybridized carbons (Fsp3) is 1.00. The summed E-state index contributed by atoms with van der Waals surface area (Å²) in [5.41, 5.74) is 0.305. The van der Waals surface area contributed by atoms with E-state index in [-0.39, 0.29) is 6.29 Å². The predicted molar refractivity (Wildman–Crippen MR) is 70.6 cm³/mol. The van der Waals surface area contributed by atoms with E-state index in [0.717, 1.165) is 32.7 Å². The first-order chi connectivity index (χ1) is 8.79. The maximum absolute atomic E-state index is 5.75. The molecule has 0 aromatic carbocycles. The van der Waals surface area contributed by atoms with Crippen molar-refractivity contribution in [1.29, 1.82) is 0 Å². The van der Waals surface area contributed by atoms with Gasteiger partial charge in [0, 0.05) is 18.6 Å². The average Bonchev–Trinajstić information content (AvgIpc) is 2.40. The third-order valence-electron chi connectivity index (χ3n) is 3.81. The Labute approximate surface area is 110 Å². The van der Waals surface area contributed by atoms with Gasteiger partial charge in [0.2, 0.25) is 0 Å². The summed E-state index contributed by atoms with van der Waals surface area (Å²) in [5, 5.41) is 3.44. The Morgan fingerprint density at radius 3 is 2.94 bits per heavy atom. The zero-order chi connectivity index (χ0) is 12.7. The topological polar surface area (TPSA) is 39.7 Å². The Kier molecular flexibility index (Phi) is 5.89. The molecule has 2 saturated heterocycles. The molecular formula is C14H27NO3. The average molecular weight is 257 g/mol. The summed E-state index contributed by atoms with van der Waals surface area (Å²) in [4.78, 5) is 0. The molecule has 4 heteroatoms. The van der Waals surface area contributed by atoms with E-state index in [1.165, 1.54) is 25.7 Å². The quantitative estimate of drug-likeness (QED) is 0.738. The Hall–Kier alpha value is -0.160. The third-order valence-corrected chi connectivity index (χ3v) is 3.81. The van der Waals surface area contributed by atoms with E-state index in [1.54, 1.807) is 0 Å². The second kappa shape index (κ2) is 7.43. The van der Waals surface area contributed by atoms with Crippen LogP contribution in [0.4, 0.5) is 0 Å². The molecule has 0 radical (unpaired) electrons. The van der Waals surface area contributed by atoms with Crippen molar-refractivity contribution < 1.29 is 14.2 Å². The molecule has 2 rings (SSSR count). The molecular weight excluding hydrogens is 230 g/mol. The number of piperidine rings is 1. The van der Waals surface area contributed by atoms with Crippen LogP contribution < -0.4 is 5.32 Å². The Morgan fingerprint density at radius 2 is 2.22 bits per heavy atom. The van der Waals surface area contributed by atoms with Crippen molar-refractivity contribution >= 4 is 0 Å². The van der Waals surface area contributed by atoms with Crippen LogP contribution in [0.25, 0.3) is 0 Å². The molecule has 2 atom stereocenters. The van der Waals surface area contributed by atoms with Crippen molar-refractivity contribution in [1.82, 2.24) is 5.32 Å². The van der Waals surface area contributed by atoms with Crippen LogP contribution in [0.2, 0.25) is 0 Å². The van der Waals surface area contributed by atoms with Gasteiger partial charge in [0.25, 0.3) is 0 Å². The van der Waals surface area contributed by atoms with Crippen LogP contribution in [-0.2, 0) is 14.2 Å². The number of nitrogens with one attached hydrogen (secondary N) is 1. The van der Waals surface area contributed by atoms with E-state index in [0.29, 0.717) is 18.6 Å². The Bertz CT molecular complexity index is 223. The van der Waals surface area contributed by atoms with Crippen LogP contribution in [0.15, 0.2) is 0 Å². The second-order valence-corrected chi connectivity index (χ2v) is 5.81. The number of ether oxygens (including phenoxy) is 3. The fourth-order valence-electron chi connectivity index (χ4n) is 2.64. The van der Waals surface area contributed by atoms with Crippen LogP contribution >= 0.6 is 0 Å². The highest BCUT2D eigenvalue weighted by Gasteiger charge is 2.26. The molecule has 2 fully saturated rings. The molecule has 0 spiro atoms. The minimum atomic E-state index is 0.00860. The summed E-state index contributed by atoms with van der Waals surface area (Å²) >= 11 is 0. The van der Waals surface area contributed by atoms with Gasteiger partial charge in [0.15, 0.2) is 6.29 Å². The van der Waals surface area contributed by atoms with Crippen molar-refractivity contribution in [2.24, 2.45) is 5.41 Å². The van der Waals surface area contributed by atoms with E-state index in [2.05, 4.69) is 12.2 Å². The van der Waals surface area contributed by atoms with Crippen molar-refractivity contribution in [2.45, 2.75) is 45.3 Å². The number of hydrogen-bond acceptors (Lipinski definition) is 4. The van der Waals surface area contributed by atoms with E-state index in [4.69, 9.17) is 14.2 Å². The minimum Gasteiger partial charge on any atom is -0.378 e. The first kappa shape index (κ1) is 14.3. The lowest BCUT2D eigenvalue weighted by Crippen LogP contribution is -2.41. The smallest absolute Gasteiger partial charge is 0.157 e. The maximum atomic E-state index is 5.75. The monoisotopic (exact) mass is 257 g/mol. The van der Waals surface area contributed by atoms with Gasteiger partial charge in [0.05, 0.1) is 19.8 Å². The van der Waals surface area contributed by atoms with Crippen LogP contribution in [-0.4, -0.2) is 45.8 Å². The van der Waals surface area contributed by atoms with Crippen LogP contribution in [0.3, 0.4) is 0 Å². The molecule has 4 nitrogen and oxygen atoms in total. The molecule has 0 amide bonds. The SMILES string of the molecule is C[C@]1(COCCO[C@H]2CCCCO2)CCCNC1. The summed E-state index contributed by atoms with van der Waals surface area (Å²) in [6, 6.07) is 0. The van der Waals surface area contributed by atoms with E-state index >= 15 is 0 Å². The largest absolute Gasteiger partial charge is 0.378 e. The van der Waals surface area contributed by atoms with Crippen LogP contribution in [0.1, 0.15) is 39.0 Å². The second-order valence-electron chi connectivity index (χ2n) is 5.81. The number of rotatable bonds is 6. The zero-order valence-corrected chi connectivity index (χ0v) is 11.6. The highest BCUT2D eigenvalue weighted by atomic mass is 16.7. The molecule has 2 aliphatic heterocycles. The zero-order valence-electron chi connectivity index (χ0n) is 11.6. The molecule has 0 bridgehead atoms. The van der Waals surface area contributed by atoms with E-state index in [1.807, 2.05) is 0 Å². The van der Waals surface area contributed by atoms with Crippen LogP contribution in [0.5, 0.6) is 0 Å². The van der Waals surface area contributed by atoms with Crippen molar-refractivity contribution in [2.75, 3.05) is 39.5 Å². The van der Waals surface area contributed by atoms with Gasteiger partial charge in [-0.15, -0.1) is 0 Å². The highest BCUT2D eigenvalue weighted by molar-refractivity contribution is 4.80. The summed E-state index contributed by atoms with van der Waals surface area (Å²) in [5.74, 6) is 0. The molecule has 2 aliphatic rings. The standard InChI is InChI=1S/C14H27NO3/c1-14(6-4-7-15-11-14)12-16-9-10-18-13-5-2-3-8-17-13/h13,15H,2-12H2,1H3/t13-,14-/m0/s1. The van der Waals surface area contributed by atoms with Gasteiger partial charge < -0.3 is 19.5 Å². The lowest BCUT2D eigenvalue weighted by atomic mass is 9.84. The summed E-state index contributed by atoms with van der Waals surface area (Å²) in [6.07, 6.45) is 5.94. The maximum Gasteiger partial charge on any atom is 0.157 e. The van der Waals surface area contributed by atoms with Gasteiger partial charge in [-0.05, 0) is 38.6 Å². The van der Waals surface area contributed by atoms with E-state index < -0.39 is 0 Å². The molecule has 0 saturated carbocycles. The summed E-state index contributed by atoms with van der Waals surface area (Å²) < 4.78 is 16.9. The lowest BCUT2D eigenvalue weighted by molar-refractivity contribution is -0.170. The molecule has 18 heavy (non-hydrogen) atoms. The Morgan fingerprint density at radius 1 is 1.28 bits per heavy atom. The van der Waals surface area contributed by atoms with Gasteiger partial charge in [-0.3, -0.25) is 0 Å². The molecule has 1 N–H and O–H groups in total.